The number of phenolic OH excluding ortho intramolecular Hbond substituents is 1. The molecule has 0 aliphatic carbocycles. The number of fused-ring (bicyclic) bond motifs is 1. The average molecular weight is 264 g/mol. The van der Waals surface area contributed by atoms with Crippen molar-refractivity contribution in [3.63, 3.8) is 0 Å². The summed E-state index contributed by atoms with van der Waals surface area (Å²) in [6.07, 6.45) is 1.63. The molecular weight excluding hydrogens is 252 g/mol. The molecule has 1 aromatic heterocycles. The quantitative estimate of drug-likeness (QED) is 0.543. The Kier molecular flexibility index (Phi) is 3.01. The van der Waals surface area contributed by atoms with Crippen molar-refractivity contribution in [1.29, 1.82) is 0 Å². The average Bonchev–Trinajstić information content (AvgIpc) is 2.48. The fraction of sp³-hybridized carbons (Fsp3) is 0. The van der Waals surface area contributed by atoms with E-state index in [4.69, 9.17) is 5.73 Å². The first-order chi connectivity index (χ1) is 9.75. The zero-order chi connectivity index (χ0) is 13.9. The predicted octanol–water partition coefficient (Wildman–Crippen LogP) is 3.94. The van der Waals surface area contributed by atoms with Crippen molar-refractivity contribution in [3.8, 4) is 5.75 Å². The fourth-order valence-electron chi connectivity index (χ4n) is 1.99. The van der Waals surface area contributed by atoms with Gasteiger partial charge in [-0.25, -0.2) is 4.98 Å². The van der Waals surface area contributed by atoms with Crippen molar-refractivity contribution in [2.45, 2.75) is 0 Å². The molecule has 3 aromatic rings. The summed E-state index contributed by atoms with van der Waals surface area (Å²) in [4.78, 5) is 4.05. The van der Waals surface area contributed by atoms with E-state index in [9.17, 15) is 5.11 Å². The van der Waals surface area contributed by atoms with Crippen molar-refractivity contribution in [3.05, 3.63) is 54.7 Å². The summed E-state index contributed by atoms with van der Waals surface area (Å²) >= 11 is 0. The Morgan fingerprint density at radius 3 is 2.45 bits per heavy atom. The zero-order valence-corrected chi connectivity index (χ0v) is 10.6. The molecule has 0 saturated heterocycles. The summed E-state index contributed by atoms with van der Waals surface area (Å²) in [6, 6.07) is 14.3. The molecule has 0 fully saturated rings. The van der Waals surface area contributed by atoms with E-state index in [0.717, 1.165) is 10.8 Å². The number of nitrogens with two attached hydrogens (primary N) is 1. The van der Waals surface area contributed by atoms with E-state index in [1.807, 2.05) is 30.3 Å². The zero-order valence-electron chi connectivity index (χ0n) is 10.6. The SMILES string of the molecule is Nc1cc(O)c(/N=N/c2ccccn2)c2ccccc12. The molecule has 3 N–H and O–H groups in total. The van der Waals surface area contributed by atoms with Gasteiger partial charge < -0.3 is 10.8 Å². The molecule has 20 heavy (non-hydrogen) atoms. The summed E-state index contributed by atoms with van der Waals surface area (Å²) < 4.78 is 0. The highest BCUT2D eigenvalue weighted by atomic mass is 16.3. The van der Waals surface area contributed by atoms with Crippen molar-refractivity contribution in [2.24, 2.45) is 10.2 Å². The molecule has 2 aromatic carbocycles. The van der Waals surface area contributed by atoms with Crippen LogP contribution < -0.4 is 5.73 Å². The monoisotopic (exact) mass is 264 g/mol. The van der Waals surface area contributed by atoms with Crippen LogP contribution in [0.4, 0.5) is 17.2 Å². The summed E-state index contributed by atoms with van der Waals surface area (Å²) in [7, 11) is 0. The lowest BCUT2D eigenvalue weighted by Crippen LogP contribution is -1.87. The van der Waals surface area contributed by atoms with Gasteiger partial charge in [-0.3, -0.25) is 0 Å². The maximum Gasteiger partial charge on any atom is 0.174 e. The van der Waals surface area contributed by atoms with Gasteiger partial charge in [0.25, 0.3) is 0 Å². The number of hydrogen-bond acceptors (Lipinski definition) is 5. The van der Waals surface area contributed by atoms with Crippen molar-refractivity contribution in [1.82, 2.24) is 4.98 Å². The Morgan fingerprint density at radius 2 is 1.70 bits per heavy atom. The highest BCUT2D eigenvalue weighted by Crippen LogP contribution is 2.39. The largest absolute Gasteiger partial charge is 0.506 e. The molecule has 0 aliphatic rings. The van der Waals surface area contributed by atoms with Gasteiger partial charge in [0.2, 0.25) is 0 Å². The molecule has 0 bridgehead atoms. The summed E-state index contributed by atoms with van der Waals surface area (Å²) in [6.45, 7) is 0. The van der Waals surface area contributed by atoms with E-state index >= 15 is 0 Å². The molecule has 0 aliphatic heterocycles. The van der Waals surface area contributed by atoms with E-state index in [1.54, 1.807) is 18.3 Å². The van der Waals surface area contributed by atoms with Crippen LogP contribution in [0.2, 0.25) is 0 Å². The lowest BCUT2D eigenvalue weighted by Gasteiger charge is -2.06. The number of nitrogen functional groups attached to an aromatic ring is 1. The number of aromatic nitrogens is 1. The molecule has 5 nitrogen and oxygen atoms in total. The molecule has 0 saturated carbocycles. The molecule has 3 rings (SSSR count). The predicted molar refractivity (Wildman–Crippen MR) is 78.4 cm³/mol. The first kappa shape index (κ1) is 12.1. The first-order valence-electron chi connectivity index (χ1n) is 6.08. The first-order valence-corrected chi connectivity index (χ1v) is 6.08. The minimum atomic E-state index is 0.000816. The van der Waals surface area contributed by atoms with Crippen LogP contribution in [0.15, 0.2) is 65.0 Å². The highest BCUT2D eigenvalue weighted by molar-refractivity contribution is 6.02. The van der Waals surface area contributed by atoms with Gasteiger partial charge >= 0.3 is 0 Å². The molecule has 98 valence electrons. The smallest absolute Gasteiger partial charge is 0.174 e. The summed E-state index contributed by atoms with van der Waals surface area (Å²) in [5.41, 5.74) is 6.79. The second kappa shape index (κ2) is 4.97. The molecule has 0 atom stereocenters. The van der Waals surface area contributed by atoms with Crippen molar-refractivity contribution in [2.75, 3.05) is 5.73 Å². The molecule has 0 amide bonds. The Bertz CT molecular complexity index is 784. The number of azo groups is 1. The summed E-state index contributed by atoms with van der Waals surface area (Å²) in [5, 5.41) is 19.7. The third-order valence-electron chi connectivity index (χ3n) is 2.93. The molecule has 0 radical (unpaired) electrons. The van der Waals surface area contributed by atoms with Gasteiger partial charge in [0, 0.05) is 28.7 Å². The maximum atomic E-state index is 10.0. The van der Waals surface area contributed by atoms with Gasteiger partial charge in [-0.2, -0.15) is 0 Å². The van der Waals surface area contributed by atoms with Crippen LogP contribution in [0, 0.1) is 0 Å². The van der Waals surface area contributed by atoms with Crippen LogP contribution in [0.5, 0.6) is 5.75 Å². The molecular formula is C15H12N4O. The van der Waals surface area contributed by atoms with Gasteiger partial charge in [0.1, 0.15) is 11.4 Å². The maximum absolute atomic E-state index is 10.0. The third kappa shape index (κ3) is 2.16. The minimum absolute atomic E-state index is 0.000816. The number of anilines is 1. The third-order valence-corrected chi connectivity index (χ3v) is 2.93. The van der Waals surface area contributed by atoms with Crippen LogP contribution in [0.25, 0.3) is 10.8 Å². The van der Waals surface area contributed by atoms with Crippen LogP contribution in [0.1, 0.15) is 0 Å². The second-order valence-corrected chi connectivity index (χ2v) is 4.27. The van der Waals surface area contributed by atoms with Gasteiger partial charge in [-0.15, -0.1) is 10.2 Å². The number of pyridine rings is 1. The fourth-order valence-corrected chi connectivity index (χ4v) is 1.99. The Hall–Kier alpha value is -2.95. The number of rotatable bonds is 2. The Labute approximate surface area is 115 Å². The lowest BCUT2D eigenvalue weighted by molar-refractivity contribution is 0.477. The topological polar surface area (TPSA) is 83.9 Å². The number of benzene rings is 2. The van der Waals surface area contributed by atoms with Crippen LogP contribution in [-0.2, 0) is 0 Å². The highest BCUT2D eigenvalue weighted by Gasteiger charge is 2.09. The normalized spacial score (nSPS) is 11.2. The number of nitrogens with zero attached hydrogens (tertiary/aromatic N) is 3. The molecule has 0 unspecified atom stereocenters. The van der Waals surface area contributed by atoms with E-state index < -0.39 is 0 Å². The van der Waals surface area contributed by atoms with Crippen LogP contribution in [0.3, 0.4) is 0 Å². The standard InChI is InChI=1S/C15H12N4O/c16-12-9-13(20)15(11-6-2-1-5-10(11)12)19-18-14-7-3-4-8-17-14/h1-9,20H,16H2/b19-18+. The van der Waals surface area contributed by atoms with Crippen molar-refractivity contribution >= 4 is 28.0 Å². The Balaban J connectivity index is 2.14. The minimum Gasteiger partial charge on any atom is -0.506 e. The van der Waals surface area contributed by atoms with Crippen LogP contribution in [-0.4, -0.2) is 10.1 Å². The van der Waals surface area contributed by atoms with Gasteiger partial charge in [-0.05, 0) is 12.1 Å². The molecule has 1 heterocycles. The van der Waals surface area contributed by atoms with E-state index in [1.165, 1.54) is 6.07 Å². The van der Waals surface area contributed by atoms with Crippen molar-refractivity contribution < 1.29 is 5.11 Å². The van der Waals surface area contributed by atoms with E-state index in [0.29, 0.717) is 17.2 Å². The van der Waals surface area contributed by atoms with E-state index in [2.05, 4.69) is 15.2 Å². The number of phenols is 1. The number of hydrogen-bond donors (Lipinski definition) is 2. The summed E-state index contributed by atoms with van der Waals surface area (Å²) in [5.74, 6) is 0.480. The number of aromatic hydroxyl groups is 1. The molecule has 5 heteroatoms. The second-order valence-electron chi connectivity index (χ2n) is 4.27. The van der Waals surface area contributed by atoms with Gasteiger partial charge in [0.05, 0.1) is 0 Å². The van der Waals surface area contributed by atoms with Gasteiger partial charge in [-0.1, -0.05) is 30.3 Å². The Morgan fingerprint density at radius 1 is 0.950 bits per heavy atom. The van der Waals surface area contributed by atoms with E-state index in [-0.39, 0.29) is 5.75 Å². The van der Waals surface area contributed by atoms with Crippen LogP contribution >= 0.6 is 0 Å². The molecule has 0 spiro atoms. The lowest BCUT2D eigenvalue weighted by atomic mass is 10.1. The van der Waals surface area contributed by atoms with Gasteiger partial charge in [0.15, 0.2) is 5.82 Å².